The SMILES string of the molecule is CN(C)Cc1ccc(NC(=O)[C@H]2CCCN(c3ncccc3C(F)(F)F)C2)cc1. The quantitative estimate of drug-likeness (QED) is 0.815. The molecule has 0 bridgehead atoms. The van der Waals surface area contributed by atoms with Crippen LogP contribution in [0.4, 0.5) is 24.7 Å². The van der Waals surface area contributed by atoms with Crippen LogP contribution in [0.5, 0.6) is 0 Å². The molecule has 1 N–H and O–H groups in total. The van der Waals surface area contributed by atoms with Crippen molar-refractivity contribution in [2.75, 3.05) is 37.4 Å². The summed E-state index contributed by atoms with van der Waals surface area (Å²) >= 11 is 0. The number of carbonyl (C=O) groups is 1. The molecule has 1 aromatic heterocycles. The Balaban J connectivity index is 1.67. The monoisotopic (exact) mass is 406 g/mol. The van der Waals surface area contributed by atoms with Gasteiger partial charge in [-0.15, -0.1) is 0 Å². The van der Waals surface area contributed by atoms with Crippen LogP contribution in [0.3, 0.4) is 0 Å². The zero-order valence-electron chi connectivity index (χ0n) is 16.5. The van der Waals surface area contributed by atoms with Gasteiger partial charge in [0.2, 0.25) is 5.91 Å². The van der Waals surface area contributed by atoms with Crippen LogP contribution < -0.4 is 10.2 Å². The maximum absolute atomic E-state index is 13.3. The highest BCUT2D eigenvalue weighted by Gasteiger charge is 2.37. The molecule has 1 fully saturated rings. The van der Waals surface area contributed by atoms with Crippen molar-refractivity contribution in [2.45, 2.75) is 25.6 Å². The predicted molar refractivity (Wildman–Crippen MR) is 107 cm³/mol. The minimum absolute atomic E-state index is 0.106. The van der Waals surface area contributed by atoms with Crippen LogP contribution in [0, 0.1) is 5.92 Å². The van der Waals surface area contributed by atoms with Crippen molar-refractivity contribution in [3.05, 3.63) is 53.7 Å². The summed E-state index contributed by atoms with van der Waals surface area (Å²) in [7, 11) is 3.96. The third kappa shape index (κ3) is 5.47. The number of rotatable bonds is 5. The first kappa shape index (κ1) is 21.1. The van der Waals surface area contributed by atoms with E-state index in [-0.39, 0.29) is 18.3 Å². The van der Waals surface area contributed by atoms with Gasteiger partial charge in [0.05, 0.1) is 11.5 Å². The van der Waals surface area contributed by atoms with Crippen molar-refractivity contribution in [1.82, 2.24) is 9.88 Å². The number of aromatic nitrogens is 1. The van der Waals surface area contributed by atoms with Gasteiger partial charge < -0.3 is 15.1 Å². The Labute approximate surface area is 168 Å². The fraction of sp³-hybridized carbons (Fsp3) is 0.429. The summed E-state index contributed by atoms with van der Waals surface area (Å²) in [5, 5.41) is 2.89. The van der Waals surface area contributed by atoms with Crippen molar-refractivity contribution in [1.29, 1.82) is 0 Å². The zero-order chi connectivity index (χ0) is 21.0. The van der Waals surface area contributed by atoms with E-state index in [4.69, 9.17) is 0 Å². The van der Waals surface area contributed by atoms with Gasteiger partial charge in [0.25, 0.3) is 0 Å². The number of hydrogen-bond acceptors (Lipinski definition) is 4. The third-order valence-corrected chi connectivity index (χ3v) is 4.90. The number of amides is 1. The summed E-state index contributed by atoms with van der Waals surface area (Å²) in [5.74, 6) is -0.682. The second-order valence-electron chi connectivity index (χ2n) is 7.58. The van der Waals surface area contributed by atoms with Crippen LogP contribution >= 0.6 is 0 Å². The number of nitrogens with zero attached hydrogens (tertiary/aromatic N) is 3. The lowest BCUT2D eigenvalue weighted by Gasteiger charge is -2.34. The minimum atomic E-state index is -4.48. The average Bonchev–Trinajstić information content (AvgIpc) is 2.68. The van der Waals surface area contributed by atoms with E-state index in [2.05, 4.69) is 15.2 Å². The summed E-state index contributed by atoms with van der Waals surface area (Å²) < 4.78 is 39.9. The number of pyridine rings is 1. The average molecular weight is 406 g/mol. The standard InChI is InChI=1S/C21H25F3N4O/c1-27(2)13-15-7-9-17(10-8-15)26-20(29)16-5-4-12-28(14-16)19-18(21(22,23)24)6-3-11-25-19/h3,6-11,16H,4-5,12-14H2,1-2H3,(H,26,29)/t16-/m0/s1. The molecular weight excluding hydrogens is 381 g/mol. The molecule has 1 saturated heterocycles. The van der Waals surface area contributed by atoms with E-state index >= 15 is 0 Å². The van der Waals surface area contributed by atoms with Crippen molar-refractivity contribution >= 4 is 17.4 Å². The van der Waals surface area contributed by atoms with E-state index in [1.54, 1.807) is 4.90 Å². The van der Waals surface area contributed by atoms with Crippen LogP contribution in [0.1, 0.15) is 24.0 Å². The Morgan fingerprint density at radius 2 is 1.97 bits per heavy atom. The molecule has 1 amide bonds. The molecule has 1 atom stereocenters. The molecule has 0 aliphatic carbocycles. The number of piperidine rings is 1. The summed E-state index contributed by atoms with van der Waals surface area (Å²) in [6.45, 7) is 1.46. The molecule has 0 unspecified atom stereocenters. The number of anilines is 2. The summed E-state index contributed by atoms with van der Waals surface area (Å²) in [5.41, 5.74) is 1.05. The highest BCUT2D eigenvalue weighted by atomic mass is 19.4. The molecular formula is C21H25F3N4O. The van der Waals surface area contributed by atoms with Crippen molar-refractivity contribution in [3.8, 4) is 0 Å². The number of halogens is 3. The second-order valence-corrected chi connectivity index (χ2v) is 7.58. The van der Waals surface area contributed by atoms with Crippen LogP contribution in [0.15, 0.2) is 42.6 Å². The molecule has 0 saturated carbocycles. The Morgan fingerprint density at radius 3 is 2.62 bits per heavy atom. The van der Waals surface area contributed by atoms with Crippen LogP contribution in [-0.4, -0.2) is 43.0 Å². The summed E-state index contributed by atoms with van der Waals surface area (Å²) in [4.78, 5) is 20.3. The first-order valence-corrected chi connectivity index (χ1v) is 9.56. The molecule has 1 aliphatic heterocycles. The molecule has 2 heterocycles. The number of nitrogens with one attached hydrogen (secondary N) is 1. The van der Waals surface area contributed by atoms with Gasteiger partial charge >= 0.3 is 6.18 Å². The molecule has 5 nitrogen and oxygen atoms in total. The summed E-state index contributed by atoms with van der Waals surface area (Å²) in [6.07, 6.45) is -1.86. The van der Waals surface area contributed by atoms with Gasteiger partial charge in [0.15, 0.2) is 0 Å². The van der Waals surface area contributed by atoms with Gasteiger partial charge in [-0.1, -0.05) is 12.1 Å². The van der Waals surface area contributed by atoms with E-state index in [1.165, 1.54) is 12.3 Å². The Bertz CT molecular complexity index is 837. The fourth-order valence-electron chi connectivity index (χ4n) is 3.56. The molecule has 29 heavy (non-hydrogen) atoms. The van der Waals surface area contributed by atoms with Crippen molar-refractivity contribution in [3.63, 3.8) is 0 Å². The zero-order valence-corrected chi connectivity index (χ0v) is 16.5. The number of hydrogen-bond donors (Lipinski definition) is 1. The van der Waals surface area contributed by atoms with Gasteiger partial charge in [-0.05, 0) is 56.8 Å². The lowest BCUT2D eigenvalue weighted by Crippen LogP contribution is -2.42. The minimum Gasteiger partial charge on any atom is -0.355 e. The van der Waals surface area contributed by atoms with E-state index in [0.29, 0.717) is 25.1 Å². The van der Waals surface area contributed by atoms with E-state index < -0.39 is 17.7 Å². The number of carbonyl (C=O) groups excluding carboxylic acids is 1. The summed E-state index contributed by atoms with van der Waals surface area (Å²) in [6, 6.07) is 9.90. The van der Waals surface area contributed by atoms with Gasteiger partial charge in [0.1, 0.15) is 5.82 Å². The molecule has 0 spiro atoms. The van der Waals surface area contributed by atoms with Crippen LogP contribution in [0.2, 0.25) is 0 Å². The maximum atomic E-state index is 13.3. The lowest BCUT2D eigenvalue weighted by atomic mass is 9.96. The molecule has 2 aromatic rings. The molecule has 3 rings (SSSR count). The predicted octanol–water partition coefficient (Wildman–Crippen LogP) is 4.02. The third-order valence-electron chi connectivity index (χ3n) is 4.90. The molecule has 156 valence electrons. The lowest BCUT2D eigenvalue weighted by molar-refractivity contribution is -0.137. The van der Waals surface area contributed by atoms with Crippen molar-refractivity contribution in [2.24, 2.45) is 5.92 Å². The van der Waals surface area contributed by atoms with E-state index in [0.717, 1.165) is 18.2 Å². The van der Waals surface area contributed by atoms with Crippen LogP contribution in [0.25, 0.3) is 0 Å². The molecule has 1 aromatic carbocycles. The smallest absolute Gasteiger partial charge is 0.355 e. The molecule has 8 heteroatoms. The maximum Gasteiger partial charge on any atom is 0.419 e. The van der Waals surface area contributed by atoms with Gasteiger partial charge in [-0.25, -0.2) is 4.98 Å². The van der Waals surface area contributed by atoms with Gasteiger partial charge in [-0.3, -0.25) is 4.79 Å². The highest BCUT2D eigenvalue weighted by molar-refractivity contribution is 5.93. The Hall–Kier alpha value is -2.61. The van der Waals surface area contributed by atoms with E-state index in [1.807, 2.05) is 38.4 Å². The highest BCUT2D eigenvalue weighted by Crippen LogP contribution is 2.36. The molecule has 0 radical (unpaired) electrons. The second kappa shape index (κ2) is 8.82. The Kier molecular flexibility index (Phi) is 6.42. The number of benzene rings is 1. The van der Waals surface area contributed by atoms with Crippen molar-refractivity contribution < 1.29 is 18.0 Å². The first-order chi connectivity index (χ1) is 13.7. The number of alkyl halides is 3. The van der Waals surface area contributed by atoms with E-state index in [9.17, 15) is 18.0 Å². The first-order valence-electron chi connectivity index (χ1n) is 9.56. The fourth-order valence-corrected chi connectivity index (χ4v) is 3.56. The molecule has 1 aliphatic rings. The Morgan fingerprint density at radius 1 is 1.24 bits per heavy atom. The normalized spacial score (nSPS) is 17.4. The van der Waals surface area contributed by atoms with Gasteiger partial charge in [0, 0.05) is 31.5 Å². The topological polar surface area (TPSA) is 48.5 Å². The van der Waals surface area contributed by atoms with Crippen LogP contribution in [-0.2, 0) is 17.5 Å². The van der Waals surface area contributed by atoms with Gasteiger partial charge in [-0.2, -0.15) is 13.2 Å². The largest absolute Gasteiger partial charge is 0.419 e.